The lowest BCUT2D eigenvalue weighted by atomic mass is 10.2. The van der Waals surface area contributed by atoms with Crippen LogP contribution >= 0.6 is 11.6 Å². The third-order valence-electron chi connectivity index (χ3n) is 3.62. The van der Waals surface area contributed by atoms with Crippen LogP contribution in [0.25, 0.3) is 0 Å². The number of hydrogen-bond donors (Lipinski definition) is 1. The van der Waals surface area contributed by atoms with Crippen LogP contribution in [0.15, 0.2) is 36.5 Å². The lowest BCUT2D eigenvalue weighted by Gasteiger charge is -2.17. The second-order valence-electron chi connectivity index (χ2n) is 5.48. The number of methoxy groups -OCH3 is 1. The molecule has 0 saturated heterocycles. The van der Waals surface area contributed by atoms with Gasteiger partial charge in [-0.05, 0) is 36.8 Å². The minimum atomic E-state index is -0.0213. The Balaban J connectivity index is 2.19. The summed E-state index contributed by atoms with van der Waals surface area (Å²) in [6, 6.07) is 8.72. The Morgan fingerprint density at radius 1 is 1.33 bits per heavy atom. The zero-order valence-electron chi connectivity index (χ0n) is 14.2. The van der Waals surface area contributed by atoms with E-state index in [1.807, 2.05) is 7.05 Å². The summed E-state index contributed by atoms with van der Waals surface area (Å²) in [6.45, 7) is 2.84. The topological polar surface area (TPSA) is 54.5 Å². The molecular formula is C18H22ClN3O2. The summed E-state index contributed by atoms with van der Waals surface area (Å²) in [7, 11) is 3.40. The molecule has 0 saturated carbocycles. The highest BCUT2D eigenvalue weighted by molar-refractivity contribution is 6.31. The number of carbonyl (C=O) groups excluding carboxylic acids is 1. The van der Waals surface area contributed by atoms with Crippen molar-refractivity contribution < 1.29 is 9.53 Å². The van der Waals surface area contributed by atoms with E-state index >= 15 is 0 Å². The predicted octanol–water partition coefficient (Wildman–Crippen LogP) is 4.36. The number of nitrogens with one attached hydrogen (secondary N) is 1. The van der Waals surface area contributed by atoms with Gasteiger partial charge in [-0.3, -0.25) is 4.79 Å². The lowest BCUT2D eigenvalue weighted by molar-refractivity contribution is 0.0793. The number of hydrogen-bond acceptors (Lipinski definition) is 4. The van der Waals surface area contributed by atoms with E-state index in [0.717, 1.165) is 19.4 Å². The van der Waals surface area contributed by atoms with Crippen LogP contribution in [0.1, 0.15) is 30.1 Å². The molecule has 0 spiro atoms. The summed E-state index contributed by atoms with van der Waals surface area (Å²) in [6.07, 6.45) is 3.65. The van der Waals surface area contributed by atoms with Gasteiger partial charge >= 0.3 is 0 Å². The van der Waals surface area contributed by atoms with Gasteiger partial charge in [-0.1, -0.05) is 24.9 Å². The Kier molecular flexibility index (Phi) is 6.44. The van der Waals surface area contributed by atoms with Gasteiger partial charge in [-0.25, -0.2) is 4.98 Å². The quantitative estimate of drug-likeness (QED) is 0.808. The number of aromatic nitrogens is 1. The fourth-order valence-corrected chi connectivity index (χ4v) is 2.44. The SMILES string of the molecule is CCCCN(C)C(=O)c1ccnc(Nc2cc(Cl)ccc2OC)c1. The maximum Gasteiger partial charge on any atom is 0.253 e. The van der Waals surface area contributed by atoms with Crippen LogP contribution in [0.2, 0.25) is 5.02 Å². The highest BCUT2D eigenvalue weighted by atomic mass is 35.5. The van der Waals surface area contributed by atoms with Gasteiger partial charge in [0, 0.05) is 30.4 Å². The fraction of sp³-hybridized carbons (Fsp3) is 0.333. The van der Waals surface area contributed by atoms with Crippen molar-refractivity contribution in [3.63, 3.8) is 0 Å². The van der Waals surface area contributed by atoms with Crippen molar-refractivity contribution in [2.75, 3.05) is 26.0 Å². The summed E-state index contributed by atoms with van der Waals surface area (Å²) >= 11 is 6.04. The zero-order valence-corrected chi connectivity index (χ0v) is 14.9. The van der Waals surface area contributed by atoms with Crippen LogP contribution in [-0.2, 0) is 0 Å². The molecule has 24 heavy (non-hydrogen) atoms. The Bertz CT molecular complexity index is 706. The summed E-state index contributed by atoms with van der Waals surface area (Å²) in [5, 5.41) is 3.74. The largest absolute Gasteiger partial charge is 0.495 e. The monoisotopic (exact) mass is 347 g/mol. The van der Waals surface area contributed by atoms with Crippen LogP contribution in [0.4, 0.5) is 11.5 Å². The van der Waals surface area contributed by atoms with Crippen LogP contribution < -0.4 is 10.1 Å². The van der Waals surface area contributed by atoms with E-state index in [2.05, 4.69) is 17.2 Å². The highest BCUT2D eigenvalue weighted by Crippen LogP contribution is 2.30. The molecule has 2 rings (SSSR count). The third-order valence-corrected chi connectivity index (χ3v) is 3.86. The molecule has 1 amide bonds. The highest BCUT2D eigenvalue weighted by Gasteiger charge is 2.13. The maximum atomic E-state index is 12.5. The molecule has 0 aliphatic rings. The molecule has 0 bridgehead atoms. The Hall–Kier alpha value is -2.27. The summed E-state index contributed by atoms with van der Waals surface area (Å²) in [5.41, 5.74) is 1.29. The van der Waals surface area contributed by atoms with Gasteiger partial charge in [0.2, 0.25) is 0 Å². The van der Waals surface area contributed by atoms with Crippen molar-refractivity contribution in [3.8, 4) is 5.75 Å². The van der Waals surface area contributed by atoms with E-state index in [9.17, 15) is 4.79 Å². The third kappa shape index (κ3) is 4.61. The van der Waals surface area contributed by atoms with Crippen molar-refractivity contribution >= 4 is 29.0 Å². The Morgan fingerprint density at radius 3 is 2.83 bits per heavy atom. The molecule has 1 N–H and O–H groups in total. The standard InChI is InChI=1S/C18H22ClN3O2/c1-4-5-10-22(2)18(23)13-8-9-20-17(11-13)21-15-12-14(19)6-7-16(15)24-3/h6-9,11-12H,4-5,10H2,1-3H3,(H,20,21). The molecule has 5 nitrogen and oxygen atoms in total. The number of carbonyl (C=O) groups is 1. The molecule has 1 heterocycles. The van der Waals surface area contributed by atoms with Crippen molar-refractivity contribution in [3.05, 3.63) is 47.1 Å². The number of halogens is 1. The first-order valence-electron chi connectivity index (χ1n) is 7.87. The van der Waals surface area contributed by atoms with E-state index in [4.69, 9.17) is 16.3 Å². The van der Waals surface area contributed by atoms with E-state index < -0.39 is 0 Å². The average molecular weight is 348 g/mol. The molecule has 1 aromatic heterocycles. The number of pyridine rings is 1. The lowest BCUT2D eigenvalue weighted by Crippen LogP contribution is -2.27. The van der Waals surface area contributed by atoms with Crippen LogP contribution in [-0.4, -0.2) is 36.5 Å². The summed E-state index contributed by atoms with van der Waals surface area (Å²) in [4.78, 5) is 18.4. The Labute approximate surface area is 147 Å². The first-order valence-corrected chi connectivity index (χ1v) is 8.25. The van der Waals surface area contributed by atoms with Gasteiger partial charge in [0.15, 0.2) is 0 Å². The number of rotatable bonds is 7. The first kappa shape index (κ1) is 18.1. The molecule has 6 heteroatoms. The van der Waals surface area contributed by atoms with Crippen molar-refractivity contribution in [1.82, 2.24) is 9.88 Å². The fourth-order valence-electron chi connectivity index (χ4n) is 2.27. The molecule has 1 aromatic carbocycles. The van der Waals surface area contributed by atoms with Gasteiger partial charge in [-0.2, -0.15) is 0 Å². The number of ether oxygens (including phenoxy) is 1. The molecule has 0 aliphatic carbocycles. The van der Waals surface area contributed by atoms with E-state index in [-0.39, 0.29) is 5.91 Å². The van der Waals surface area contributed by atoms with E-state index in [0.29, 0.717) is 27.8 Å². The first-order chi connectivity index (χ1) is 11.5. The molecule has 0 radical (unpaired) electrons. The molecule has 2 aromatic rings. The van der Waals surface area contributed by atoms with Gasteiger partial charge in [0.25, 0.3) is 5.91 Å². The molecule has 0 atom stereocenters. The number of benzene rings is 1. The van der Waals surface area contributed by atoms with Gasteiger partial charge < -0.3 is 15.0 Å². The number of unbranched alkanes of at least 4 members (excludes halogenated alkanes) is 1. The summed E-state index contributed by atoms with van der Waals surface area (Å²) < 4.78 is 5.31. The number of nitrogens with zero attached hydrogens (tertiary/aromatic N) is 2. The number of amides is 1. The van der Waals surface area contributed by atoms with Gasteiger partial charge in [-0.15, -0.1) is 0 Å². The minimum Gasteiger partial charge on any atom is -0.495 e. The maximum absolute atomic E-state index is 12.5. The molecular weight excluding hydrogens is 326 g/mol. The Morgan fingerprint density at radius 2 is 2.12 bits per heavy atom. The molecule has 0 aliphatic heterocycles. The molecule has 0 unspecified atom stereocenters. The van der Waals surface area contributed by atoms with Crippen LogP contribution in [0, 0.1) is 0 Å². The van der Waals surface area contributed by atoms with E-state index in [1.165, 1.54) is 0 Å². The van der Waals surface area contributed by atoms with Crippen molar-refractivity contribution in [1.29, 1.82) is 0 Å². The second kappa shape index (κ2) is 8.55. The zero-order chi connectivity index (χ0) is 17.5. The van der Waals surface area contributed by atoms with Gasteiger partial charge in [0.05, 0.1) is 12.8 Å². The molecule has 0 fully saturated rings. The van der Waals surface area contributed by atoms with E-state index in [1.54, 1.807) is 48.5 Å². The van der Waals surface area contributed by atoms with Crippen molar-refractivity contribution in [2.45, 2.75) is 19.8 Å². The van der Waals surface area contributed by atoms with Crippen molar-refractivity contribution in [2.24, 2.45) is 0 Å². The van der Waals surface area contributed by atoms with Crippen LogP contribution in [0.3, 0.4) is 0 Å². The number of anilines is 2. The smallest absolute Gasteiger partial charge is 0.253 e. The molecule has 128 valence electrons. The van der Waals surface area contributed by atoms with Gasteiger partial charge in [0.1, 0.15) is 11.6 Å². The normalized spacial score (nSPS) is 10.3. The second-order valence-corrected chi connectivity index (χ2v) is 5.92. The summed E-state index contributed by atoms with van der Waals surface area (Å²) in [5.74, 6) is 1.19. The van der Waals surface area contributed by atoms with Crippen LogP contribution in [0.5, 0.6) is 5.75 Å². The average Bonchev–Trinajstić information content (AvgIpc) is 2.59. The minimum absolute atomic E-state index is 0.0213. The predicted molar refractivity (Wildman–Crippen MR) is 97.4 cm³/mol.